The van der Waals surface area contributed by atoms with E-state index >= 15 is 0 Å². The van der Waals surface area contributed by atoms with Crippen molar-refractivity contribution in [3.8, 4) is 0 Å². The third kappa shape index (κ3) is 6.10. The predicted octanol–water partition coefficient (Wildman–Crippen LogP) is 3.05. The fourth-order valence-corrected chi connectivity index (χ4v) is 2.79. The summed E-state index contributed by atoms with van der Waals surface area (Å²) in [6.07, 6.45) is 1.32. The van der Waals surface area contributed by atoms with Crippen LogP contribution in [0, 0.1) is 0 Å². The molecule has 7 nitrogen and oxygen atoms in total. The van der Waals surface area contributed by atoms with Crippen molar-refractivity contribution in [1.82, 2.24) is 0 Å². The Bertz CT molecular complexity index is 696. The fourth-order valence-electron chi connectivity index (χ4n) is 2.22. The van der Waals surface area contributed by atoms with Crippen molar-refractivity contribution >= 4 is 22.1 Å². The van der Waals surface area contributed by atoms with Gasteiger partial charge in [0.2, 0.25) is 0 Å². The van der Waals surface area contributed by atoms with E-state index in [1.165, 1.54) is 12.1 Å². The summed E-state index contributed by atoms with van der Waals surface area (Å²) in [6, 6.07) is 3.98. The second kappa shape index (κ2) is 9.68. The minimum absolute atomic E-state index is 0.258. The normalized spacial score (nSPS) is 13.7. The number of ether oxygens (including phenoxy) is 2. The summed E-state index contributed by atoms with van der Waals surface area (Å²) in [7, 11) is -4.50. The van der Waals surface area contributed by atoms with Crippen molar-refractivity contribution in [3.63, 3.8) is 0 Å². The second-order valence-electron chi connectivity index (χ2n) is 6.09. The smallest absolute Gasteiger partial charge is 0.313 e. The zero-order chi connectivity index (χ0) is 19.9. The van der Waals surface area contributed by atoms with Gasteiger partial charge in [-0.25, -0.2) is 0 Å². The predicted molar refractivity (Wildman–Crippen MR) is 95.6 cm³/mol. The van der Waals surface area contributed by atoms with Gasteiger partial charge in [0.25, 0.3) is 10.1 Å². The van der Waals surface area contributed by atoms with Crippen molar-refractivity contribution in [2.45, 2.75) is 57.3 Å². The lowest BCUT2D eigenvalue weighted by Gasteiger charge is -2.17. The van der Waals surface area contributed by atoms with Crippen LogP contribution in [0.2, 0.25) is 0 Å². The molecule has 0 saturated heterocycles. The van der Waals surface area contributed by atoms with E-state index in [1.807, 2.05) is 13.8 Å². The zero-order valence-electron chi connectivity index (χ0n) is 15.5. The largest absolute Gasteiger partial charge is 0.465 e. The first-order chi connectivity index (χ1) is 12.1. The van der Waals surface area contributed by atoms with Gasteiger partial charge in [-0.15, -0.1) is 0 Å². The Morgan fingerprint density at radius 2 is 1.31 bits per heavy atom. The van der Waals surface area contributed by atoms with Crippen LogP contribution in [0.15, 0.2) is 23.1 Å². The molecule has 0 fully saturated rings. The summed E-state index contributed by atoms with van der Waals surface area (Å²) in [4.78, 5) is 23.8. The molecule has 8 heteroatoms. The molecule has 0 aliphatic heterocycles. The first kappa shape index (κ1) is 22.1. The zero-order valence-corrected chi connectivity index (χ0v) is 16.3. The van der Waals surface area contributed by atoms with Crippen LogP contribution >= 0.6 is 0 Å². The minimum Gasteiger partial charge on any atom is -0.465 e. The number of hydrogen-bond donors (Lipinski definition) is 1. The molecule has 0 amide bonds. The number of carbonyl (C=O) groups excluding carboxylic acids is 2. The van der Waals surface area contributed by atoms with E-state index in [2.05, 4.69) is 0 Å². The Balaban J connectivity index is 3.27. The minimum atomic E-state index is -4.50. The second-order valence-corrected chi connectivity index (χ2v) is 7.51. The summed E-state index contributed by atoms with van der Waals surface area (Å²) < 4.78 is 42.8. The lowest BCUT2D eigenvalue weighted by Crippen LogP contribution is -2.17. The van der Waals surface area contributed by atoms with Crippen LogP contribution in [0.4, 0.5) is 0 Å². The van der Waals surface area contributed by atoms with Gasteiger partial charge in [-0.3, -0.25) is 14.1 Å². The number of esters is 2. The maximum atomic E-state index is 12.1. The average molecular weight is 386 g/mol. The Labute approximate surface area is 154 Å². The van der Waals surface area contributed by atoms with E-state index in [0.29, 0.717) is 24.0 Å². The lowest BCUT2D eigenvalue weighted by atomic mass is 9.94. The van der Waals surface area contributed by atoms with Gasteiger partial charge in [0.05, 0.1) is 29.9 Å². The molecular formula is C18H26O7S. The summed E-state index contributed by atoms with van der Waals surface area (Å²) in [6.45, 7) is 7.38. The third-order valence-corrected chi connectivity index (χ3v) is 4.68. The van der Waals surface area contributed by atoms with Gasteiger partial charge in [0.15, 0.2) is 0 Å². The summed E-state index contributed by atoms with van der Waals surface area (Å²) >= 11 is 0. The van der Waals surface area contributed by atoms with Gasteiger partial charge >= 0.3 is 11.9 Å². The van der Waals surface area contributed by atoms with E-state index in [9.17, 15) is 22.6 Å². The highest BCUT2D eigenvalue weighted by atomic mass is 32.2. The van der Waals surface area contributed by atoms with E-state index < -0.39 is 33.9 Å². The van der Waals surface area contributed by atoms with Gasteiger partial charge in [-0.1, -0.05) is 19.9 Å². The van der Waals surface area contributed by atoms with Crippen molar-refractivity contribution in [2.75, 3.05) is 13.2 Å². The highest BCUT2D eigenvalue weighted by Crippen LogP contribution is 2.27. The first-order valence-electron chi connectivity index (χ1n) is 8.57. The molecule has 1 rings (SSSR count). The Kier molecular flexibility index (Phi) is 8.23. The maximum absolute atomic E-state index is 12.1. The van der Waals surface area contributed by atoms with Gasteiger partial charge < -0.3 is 9.47 Å². The quantitative estimate of drug-likeness (QED) is 0.513. The molecule has 0 spiro atoms. The molecule has 26 heavy (non-hydrogen) atoms. The molecule has 0 aliphatic rings. The number of carbonyl (C=O) groups is 2. The summed E-state index contributed by atoms with van der Waals surface area (Å²) in [5.74, 6) is -2.51. The first-order valence-corrected chi connectivity index (χ1v) is 10.0. The molecule has 1 N–H and O–H groups in total. The van der Waals surface area contributed by atoms with E-state index in [1.54, 1.807) is 19.9 Å². The van der Waals surface area contributed by atoms with E-state index in [-0.39, 0.29) is 18.1 Å². The summed E-state index contributed by atoms with van der Waals surface area (Å²) in [5.41, 5.74) is 0.678. The monoisotopic (exact) mass is 386 g/mol. The van der Waals surface area contributed by atoms with Gasteiger partial charge in [0, 0.05) is 0 Å². The molecule has 0 aromatic heterocycles. The van der Waals surface area contributed by atoms with Gasteiger partial charge in [0.1, 0.15) is 0 Å². The highest BCUT2D eigenvalue weighted by molar-refractivity contribution is 7.85. The molecule has 1 aromatic rings. The Morgan fingerprint density at radius 3 is 1.62 bits per heavy atom. The molecular weight excluding hydrogens is 360 g/mol. The Morgan fingerprint density at radius 1 is 0.923 bits per heavy atom. The molecule has 0 radical (unpaired) electrons. The third-order valence-electron chi connectivity index (χ3n) is 3.85. The molecule has 0 saturated carbocycles. The molecule has 0 heterocycles. The number of benzene rings is 1. The van der Waals surface area contributed by atoms with Crippen LogP contribution in [-0.2, 0) is 29.2 Å². The molecule has 0 aliphatic carbocycles. The van der Waals surface area contributed by atoms with Crippen LogP contribution in [0.5, 0.6) is 0 Å². The fraction of sp³-hybridized carbons (Fsp3) is 0.556. The van der Waals surface area contributed by atoms with Crippen molar-refractivity contribution < 1.29 is 32.0 Å². The van der Waals surface area contributed by atoms with Crippen molar-refractivity contribution in [2.24, 2.45) is 0 Å². The van der Waals surface area contributed by atoms with Crippen molar-refractivity contribution in [1.29, 1.82) is 0 Å². The standard InChI is InChI=1S/C18H26O7S/c1-5-7-24-17(19)12(3)14-9-15(11-16(10-14)26(21,22)23)13(4)18(20)25-8-6-2/h9-13H,5-8H2,1-4H3,(H,21,22,23). The average Bonchev–Trinajstić information content (AvgIpc) is 2.61. The molecule has 2 atom stereocenters. The maximum Gasteiger partial charge on any atom is 0.313 e. The highest BCUT2D eigenvalue weighted by Gasteiger charge is 2.24. The lowest BCUT2D eigenvalue weighted by molar-refractivity contribution is -0.145. The molecule has 0 bridgehead atoms. The number of hydrogen-bond acceptors (Lipinski definition) is 6. The molecule has 1 aromatic carbocycles. The SMILES string of the molecule is CCCOC(=O)C(C)c1cc(C(C)C(=O)OCCC)cc(S(=O)(=O)O)c1. The van der Waals surface area contributed by atoms with Crippen molar-refractivity contribution in [3.05, 3.63) is 29.3 Å². The van der Waals surface area contributed by atoms with Crippen LogP contribution in [0.1, 0.15) is 63.5 Å². The topological polar surface area (TPSA) is 107 Å². The Hall–Kier alpha value is -1.93. The van der Waals surface area contributed by atoms with Gasteiger partial charge in [-0.05, 0) is 49.9 Å². The van der Waals surface area contributed by atoms with E-state index in [4.69, 9.17) is 9.47 Å². The van der Waals surface area contributed by atoms with E-state index in [0.717, 1.165) is 0 Å². The number of rotatable bonds is 9. The van der Waals surface area contributed by atoms with Crippen LogP contribution in [0.25, 0.3) is 0 Å². The molecule has 146 valence electrons. The van der Waals surface area contributed by atoms with Gasteiger partial charge in [-0.2, -0.15) is 8.42 Å². The van der Waals surface area contributed by atoms with Crippen LogP contribution in [-0.4, -0.2) is 38.1 Å². The van der Waals surface area contributed by atoms with Crippen LogP contribution < -0.4 is 0 Å². The van der Waals surface area contributed by atoms with Crippen LogP contribution in [0.3, 0.4) is 0 Å². The summed E-state index contributed by atoms with van der Waals surface area (Å²) in [5, 5.41) is 0. The molecule has 2 unspecified atom stereocenters.